The van der Waals surface area contributed by atoms with Gasteiger partial charge in [0, 0.05) is 35.8 Å². The smallest absolute Gasteiger partial charge is 0.274 e. The van der Waals surface area contributed by atoms with Crippen molar-refractivity contribution in [2.45, 2.75) is 38.3 Å². The Morgan fingerprint density at radius 2 is 1.93 bits per heavy atom. The van der Waals surface area contributed by atoms with Gasteiger partial charge in [0.05, 0.1) is 0 Å². The molecular weight excluding hydrogens is 342 g/mol. The molecule has 0 unspecified atom stereocenters. The van der Waals surface area contributed by atoms with Crippen LogP contribution in [0.1, 0.15) is 37.0 Å². The van der Waals surface area contributed by atoms with Crippen LogP contribution in [0.3, 0.4) is 0 Å². The largest absolute Gasteiger partial charge is 0.371 e. The predicted octanol–water partition coefficient (Wildman–Crippen LogP) is 2.30. The number of hydrogen-bond donors (Lipinski definition) is 1. The molecule has 0 radical (unpaired) electrons. The zero-order valence-corrected chi connectivity index (χ0v) is 15.4. The number of piperazine rings is 1. The van der Waals surface area contributed by atoms with Crippen LogP contribution in [0.2, 0.25) is 0 Å². The van der Waals surface area contributed by atoms with E-state index in [9.17, 15) is 14.4 Å². The number of benzene rings is 1. The van der Waals surface area contributed by atoms with Crippen molar-refractivity contribution < 1.29 is 14.4 Å². The lowest BCUT2D eigenvalue weighted by Gasteiger charge is -2.44. The van der Waals surface area contributed by atoms with Gasteiger partial charge in [0.2, 0.25) is 5.91 Å². The van der Waals surface area contributed by atoms with Gasteiger partial charge in [0.1, 0.15) is 17.3 Å². The third-order valence-electron chi connectivity index (χ3n) is 6.48. The van der Waals surface area contributed by atoms with E-state index in [0.29, 0.717) is 24.2 Å². The SMILES string of the molecule is CC1(C)C=CN2C(=O)C3=CCCN3C(=O)[C@@H]2C[C@@]12Nc1ccccc1C2=O. The van der Waals surface area contributed by atoms with Gasteiger partial charge < -0.3 is 15.1 Å². The first kappa shape index (κ1) is 16.3. The number of hydrogen-bond acceptors (Lipinski definition) is 4. The third kappa shape index (κ3) is 1.93. The molecule has 2 amide bonds. The molecule has 2 atom stereocenters. The molecule has 0 bridgehead atoms. The van der Waals surface area contributed by atoms with Crippen LogP contribution in [0.15, 0.2) is 48.3 Å². The van der Waals surface area contributed by atoms with Gasteiger partial charge in [0.25, 0.3) is 5.91 Å². The van der Waals surface area contributed by atoms with Crippen molar-refractivity contribution in [3.8, 4) is 0 Å². The first-order valence-electron chi connectivity index (χ1n) is 9.31. The number of amides is 2. The summed E-state index contributed by atoms with van der Waals surface area (Å²) in [6.07, 6.45) is 6.35. The van der Waals surface area contributed by atoms with Gasteiger partial charge in [-0.25, -0.2) is 0 Å². The van der Waals surface area contributed by atoms with Gasteiger partial charge in [-0.1, -0.05) is 38.1 Å². The number of para-hydroxylation sites is 1. The lowest BCUT2D eigenvalue weighted by Crippen LogP contribution is -2.61. The lowest BCUT2D eigenvalue weighted by molar-refractivity contribution is -0.148. The van der Waals surface area contributed by atoms with Crippen LogP contribution in [0, 0.1) is 5.41 Å². The number of ketones is 1. The zero-order valence-electron chi connectivity index (χ0n) is 15.4. The highest BCUT2D eigenvalue weighted by molar-refractivity contribution is 6.15. The van der Waals surface area contributed by atoms with Crippen LogP contribution in [-0.2, 0) is 9.59 Å². The second kappa shape index (κ2) is 5.09. The normalized spacial score (nSPS) is 30.7. The molecule has 4 heterocycles. The van der Waals surface area contributed by atoms with Crippen molar-refractivity contribution >= 4 is 23.3 Å². The van der Waals surface area contributed by atoms with Crippen molar-refractivity contribution in [2.75, 3.05) is 11.9 Å². The molecule has 0 saturated carbocycles. The van der Waals surface area contributed by atoms with E-state index in [-0.39, 0.29) is 24.0 Å². The molecule has 138 valence electrons. The Bertz CT molecular complexity index is 961. The molecule has 6 heteroatoms. The molecular formula is C21H21N3O3. The molecule has 1 aromatic rings. The lowest BCUT2D eigenvalue weighted by atomic mass is 9.67. The molecule has 4 aliphatic rings. The highest BCUT2D eigenvalue weighted by Gasteiger charge is 2.59. The Hall–Kier alpha value is -2.89. The summed E-state index contributed by atoms with van der Waals surface area (Å²) in [6, 6.07) is 6.76. The van der Waals surface area contributed by atoms with Crippen molar-refractivity contribution in [3.63, 3.8) is 0 Å². The third-order valence-corrected chi connectivity index (χ3v) is 6.48. The van der Waals surface area contributed by atoms with E-state index >= 15 is 0 Å². The Morgan fingerprint density at radius 3 is 2.70 bits per heavy atom. The fraction of sp³-hybridized carbons (Fsp3) is 0.381. The highest BCUT2D eigenvalue weighted by Crippen LogP contribution is 2.49. The number of carbonyl (C=O) groups is 3. The maximum absolute atomic E-state index is 13.5. The summed E-state index contributed by atoms with van der Waals surface area (Å²) in [5, 5.41) is 3.43. The predicted molar refractivity (Wildman–Crippen MR) is 99.7 cm³/mol. The van der Waals surface area contributed by atoms with Crippen LogP contribution in [0.25, 0.3) is 0 Å². The molecule has 0 aliphatic carbocycles. The summed E-state index contributed by atoms with van der Waals surface area (Å²) in [6.45, 7) is 4.49. The number of carbonyl (C=O) groups excluding carboxylic acids is 3. The van der Waals surface area contributed by atoms with E-state index in [1.807, 2.05) is 50.3 Å². The van der Waals surface area contributed by atoms with E-state index in [4.69, 9.17) is 0 Å². The molecule has 1 N–H and O–H groups in total. The summed E-state index contributed by atoms with van der Waals surface area (Å²) in [7, 11) is 0. The Kier molecular flexibility index (Phi) is 3.07. The quantitative estimate of drug-likeness (QED) is 0.768. The Morgan fingerprint density at radius 1 is 1.15 bits per heavy atom. The number of nitrogens with zero attached hydrogens (tertiary/aromatic N) is 2. The molecule has 5 rings (SSSR count). The first-order chi connectivity index (χ1) is 12.9. The zero-order chi connectivity index (χ0) is 19.0. The molecule has 27 heavy (non-hydrogen) atoms. The summed E-state index contributed by atoms with van der Waals surface area (Å²) in [4.78, 5) is 42.7. The van der Waals surface area contributed by atoms with E-state index < -0.39 is 17.0 Å². The monoisotopic (exact) mass is 363 g/mol. The summed E-state index contributed by atoms with van der Waals surface area (Å²) < 4.78 is 0. The average Bonchev–Trinajstić information content (AvgIpc) is 3.21. The second-order valence-corrected chi connectivity index (χ2v) is 8.24. The molecule has 4 aliphatic heterocycles. The number of nitrogens with one attached hydrogen (secondary N) is 1. The van der Waals surface area contributed by atoms with Gasteiger partial charge in [-0.15, -0.1) is 0 Å². The van der Waals surface area contributed by atoms with Crippen LogP contribution in [-0.4, -0.2) is 45.5 Å². The topological polar surface area (TPSA) is 69.7 Å². The standard InChI is InChI=1S/C21H21N3O3/c1-20(2)9-11-24-16(19(27)23-10-5-8-15(23)18(24)26)12-21(20)17(25)13-6-3-4-7-14(13)22-21/h3-4,6-9,11,16,22H,5,10,12H2,1-2H3/t16-,21-/m0/s1. The van der Waals surface area contributed by atoms with Gasteiger partial charge >= 0.3 is 0 Å². The van der Waals surface area contributed by atoms with E-state index in [1.54, 1.807) is 11.1 Å². The molecule has 1 aromatic carbocycles. The Balaban J connectivity index is 1.64. The Labute approximate surface area is 157 Å². The highest BCUT2D eigenvalue weighted by atomic mass is 16.2. The molecule has 1 fully saturated rings. The molecule has 1 saturated heterocycles. The summed E-state index contributed by atoms with van der Waals surface area (Å²) in [5.41, 5.74) is 0.338. The molecule has 0 aromatic heterocycles. The summed E-state index contributed by atoms with van der Waals surface area (Å²) >= 11 is 0. The van der Waals surface area contributed by atoms with Gasteiger partial charge in [-0.2, -0.15) is 0 Å². The summed E-state index contributed by atoms with van der Waals surface area (Å²) in [5.74, 6) is -0.285. The second-order valence-electron chi connectivity index (χ2n) is 8.24. The average molecular weight is 363 g/mol. The van der Waals surface area contributed by atoms with Crippen LogP contribution < -0.4 is 5.32 Å². The van der Waals surface area contributed by atoms with E-state index in [1.165, 1.54) is 4.90 Å². The minimum atomic E-state index is -0.969. The number of Topliss-reactive ketones (excluding diaryl/α,β-unsaturated/α-hetero) is 1. The van der Waals surface area contributed by atoms with Crippen molar-refractivity contribution in [1.82, 2.24) is 9.80 Å². The maximum Gasteiger partial charge on any atom is 0.274 e. The fourth-order valence-electron chi connectivity index (χ4n) is 4.79. The van der Waals surface area contributed by atoms with Gasteiger partial charge in [-0.05, 0) is 18.6 Å². The maximum atomic E-state index is 13.5. The van der Waals surface area contributed by atoms with E-state index in [2.05, 4.69) is 5.32 Å². The first-order valence-corrected chi connectivity index (χ1v) is 9.31. The van der Waals surface area contributed by atoms with Crippen molar-refractivity contribution in [3.05, 3.63) is 53.9 Å². The van der Waals surface area contributed by atoms with Crippen LogP contribution in [0.5, 0.6) is 0 Å². The van der Waals surface area contributed by atoms with Crippen LogP contribution >= 0.6 is 0 Å². The van der Waals surface area contributed by atoms with Crippen molar-refractivity contribution in [2.24, 2.45) is 5.41 Å². The van der Waals surface area contributed by atoms with E-state index in [0.717, 1.165) is 5.69 Å². The van der Waals surface area contributed by atoms with Crippen molar-refractivity contribution in [1.29, 1.82) is 0 Å². The number of anilines is 1. The molecule has 6 nitrogen and oxygen atoms in total. The minimum Gasteiger partial charge on any atom is -0.371 e. The number of rotatable bonds is 0. The van der Waals surface area contributed by atoms with Gasteiger partial charge in [0.15, 0.2) is 5.78 Å². The number of fused-ring (bicyclic) bond motifs is 3. The minimum absolute atomic E-state index is 0.0161. The fourth-order valence-corrected chi connectivity index (χ4v) is 4.79. The van der Waals surface area contributed by atoms with Gasteiger partial charge in [-0.3, -0.25) is 14.4 Å². The molecule has 1 spiro atoms. The van der Waals surface area contributed by atoms with Crippen LogP contribution in [0.4, 0.5) is 5.69 Å².